The van der Waals surface area contributed by atoms with Gasteiger partial charge in [-0.3, -0.25) is 19.4 Å². The lowest BCUT2D eigenvalue weighted by molar-refractivity contribution is -0.133. The van der Waals surface area contributed by atoms with Crippen molar-refractivity contribution in [1.29, 1.82) is 0 Å². The Morgan fingerprint density at radius 3 is 2.45 bits per heavy atom. The summed E-state index contributed by atoms with van der Waals surface area (Å²) in [4.78, 5) is 25.3. The summed E-state index contributed by atoms with van der Waals surface area (Å²) in [5.74, 6) is 0.121. The van der Waals surface area contributed by atoms with Crippen LogP contribution in [0.4, 0.5) is 0 Å². The summed E-state index contributed by atoms with van der Waals surface area (Å²) >= 11 is 0. The van der Waals surface area contributed by atoms with E-state index in [1.54, 1.807) is 10.9 Å². The first-order valence-electron chi connectivity index (χ1n) is 10.4. The smallest absolute Gasteiger partial charge is 0.244 e. The fraction of sp³-hybridized carbons (Fsp3) is 0.250. The summed E-state index contributed by atoms with van der Waals surface area (Å²) in [6.45, 7) is 3.68. The quantitative estimate of drug-likeness (QED) is 0.516. The molecule has 1 amide bonds. The number of fused-ring (bicyclic) bond motifs is 1. The number of carbonyl (C=O) groups is 1. The predicted octanol–water partition coefficient (Wildman–Crippen LogP) is 2.93. The molecule has 156 valence electrons. The largest absolute Gasteiger partial charge is 0.339 e. The van der Waals surface area contributed by atoms with Gasteiger partial charge in [-0.05, 0) is 24.2 Å². The summed E-state index contributed by atoms with van der Waals surface area (Å²) < 4.78 is 1.73. The van der Waals surface area contributed by atoms with Gasteiger partial charge in [0.25, 0.3) is 0 Å². The molecule has 0 aliphatic carbocycles. The van der Waals surface area contributed by atoms with Crippen molar-refractivity contribution in [3.05, 3.63) is 67.5 Å². The number of piperazine rings is 1. The lowest BCUT2D eigenvalue weighted by Crippen LogP contribution is -2.48. The fourth-order valence-corrected chi connectivity index (χ4v) is 3.97. The Kier molecular flexibility index (Phi) is 5.18. The van der Waals surface area contributed by atoms with E-state index in [0.29, 0.717) is 0 Å². The van der Waals surface area contributed by atoms with E-state index >= 15 is 0 Å². The number of likely N-dealkylation sites (N-methyl/N-ethyl adjacent to an activating group) is 1. The minimum Gasteiger partial charge on any atom is -0.339 e. The first-order valence-corrected chi connectivity index (χ1v) is 10.4. The molecule has 0 bridgehead atoms. The lowest BCUT2D eigenvalue weighted by Gasteiger charge is -2.32. The van der Waals surface area contributed by atoms with Crippen molar-refractivity contribution in [3.63, 3.8) is 0 Å². The number of benzene rings is 1. The van der Waals surface area contributed by atoms with Gasteiger partial charge in [-0.2, -0.15) is 5.10 Å². The number of hydrogen-bond donors (Lipinski definition) is 0. The van der Waals surface area contributed by atoms with Gasteiger partial charge in [-0.15, -0.1) is 0 Å². The normalized spacial score (nSPS) is 14.8. The van der Waals surface area contributed by atoms with Crippen LogP contribution in [0.15, 0.2) is 67.5 Å². The molecule has 1 fully saturated rings. The van der Waals surface area contributed by atoms with Crippen LogP contribution in [0.1, 0.15) is 0 Å². The molecule has 3 aromatic heterocycles. The molecule has 7 heteroatoms. The van der Waals surface area contributed by atoms with E-state index < -0.39 is 0 Å². The van der Waals surface area contributed by atoms with Crippen molar-refractivity contribution in [3.8, 4) is 22.3 Å². The van der Waals surface area contributed by atoms with Crippen LogP contribution in [0.2, 0.25) is 0 Å². The Bertz CT molecular complexity index is 1200. The van der Waals surface area contributed by atoms with E-state index in [9.17, 15) is 4.79 Å². The van der Waals surface area contributed by atoms with E-state index in [0.717, 1.165) is 59.2 Å². The Hall–Kier alpha value is -3.58. The molecule has 1 aromatic carbocycles. The topological polar surface area (TPSA) is 67.2 Å². The highest BCUT2D eigenvalue weighted by Gasteiger charge is 2.19. The van der Waals surface area contributed by atoms with E-state index in [1.165, 1.54) is 0 Å². The highest BCUT2D eigenvalue weighted by Crippen LogP contribution is 2.29. The van der Waals surface area contributed by atoms with Crippen LogP contribution in [0.3, 0.4) is 0 Å². The van der Waals surface area contributed by atoms with Crippen molar-refractivity contribution in [1.82, 2.24) is 29.5 Å². The number of aromatic nitrogens is 4. The molecule has 5 rings (SSSR count). The summed E-state index contributed by atoms with van der Waals surface area (Å²) in [6, 6.07) is 10.3. The zero-order chi connectivity index (χ0) is 21.2. The molecule has 1 aliphatic heterocycles. The van der Waals surface area contributed by atoms with Crippen LogP contribution in [0, 0.1) is 0 Å². The van der Waals surface area contributed by atoms with Gasteiger partial charge >= 0.3 is 0 Å². The lowest BCUT2D eigenvalue weighted by atomic mass is 10.00. The Labute approximate surface area is 181 Å². The second-order valence-corrected chi connectivity index (χ2v) is 7.97. The van der Waals surface area contributed by atoms with E-state index in [1.807, 2.05) is 42.0 Å². The van der Waals surface area contributed by atoms with Crippen LogP contribution < -0.4 is 0 Å². The first-order chi connectivity index (χ1) is 15.2. The minimum atomic E-state index is 0.121. The number of pyridine rings is 2. The van der Waals surface area contributed by atoms with Gasteiger partial charge in [0.05, 0.1) is 6.20 Å². The summed E-state index contributed by atoms with van der Waals surface area (Å²) in [7, 11) is 2.08. The van der Waals surface area contributed by atoms with Crippen LogP contribution in [-0.4, -0.2) is 68.7 Å². The third-order valence-electron chi connectivity index (χ3n) is 5.88. The summed E-state index contributed by atoms with van der Waals surface area (Å²) in [6.07, 6.45) is 11.1. The maximum absolute atomic E-state index is 12.6. The molecule has 31 heavy (non-hydrogen) atoms. The fourth-order valence-electron chi connectivity index (χ4n) is 3.97. The third-order valence-corrected chi connectivity index (χ3v) is 5.88. The van der Waals surface area contributed by atoms with Gasteiger partial charge < -0.3 is 9.80 Å². The monoisotopic (exact) mass is 412 g/mol. The molecule has 0 unspecified atom stereocenters. The minimum absolute atomic E-state index is 0.121. The van der Waals surface area contributed by atoms with Crippen molar-refractivity contribution in [2.24, 2.45) is 0 Å². The van der Waals surface area contributed by atoms with Gasteiger partial charge in [-0.25, -0.2) is 0 Å². The molecule has 1 saturated heterocycles. The number of hydrogen-bond acceptors (Lipinski definition) is 5. The van der Waals surface area contributed by atoms with E-state index in [-0.39, 0.29) is 12.5 Å². The molecular formula is C24H24N6O. The Balaban J connectivity index is 1.32. The summed E-state index contributed by atoms with van der Waals surface area (Å²) in [5, 5.41) is 6.56. The molecule has 4 heterocycles. The van der Waals surface area contributed by atoms with Crippen LogP contribution >= 0.6 is 0 Å². The van der Waals surface area contributed by atoms with E-state index in [2.05, 4.69) is 51.3 Å². The number of amides is 1. The van der Waals surface area contributed by atoms with Crippen LogP contribution in [0.5, 0.6) is 0 Å². The highest BCUT2D eigenvalue weighted by molar-refractivity contribution is 5.95. The van der Waals surface area contributed by atoms with Crippen LogP contribution in [-0.2, 0) is 11.3 Å². The zero-order valence-corrected chi connectivity index (χ0v) is 17.5. The van der Waals surface area contributed by atoms with Gasteiger partial charge in [0.2, 0.25) is 5.91 Å². The van der Waals surface area contributed by atoms with Gasteiger partial charge in [0, 0.05) is 79.1 Å². The average Bonchev–Trinajstić information content (AvgIpc) is 3.27. The zero-order valence-electron chi connectivity index (χ0n) is 17.5. The molecular weight excluding hydrogens is 388 g/mol. The standard InChI is InChI=1S/C24H24N6O/c1-28-8-10-29(11-9-28)24(31)17-30-16-21(13-27-30)18-2-4-19(5-3-18)22-15-26-12-20-6-7-25-14-23(20)22/h2-7,12-16H,8-11,17H2,1H3. The molecule has 0 N–H and O–H groups in total. The number of carbonyl (C=O) groups excluding carboxylic acids is 1. The maximum Gasteiger partial charge on any atom is 0.244 e. The van der Waals surface area contributed by atoms with Crippen molar-refractivity contribution >= 4 is 16.7 Å². The molecule has 0 spiro atoms. The van der Waals surface area contributed by atoms with Crippen LogP contribution in [0.25, 0.3) is 33.0 Å². The first kappa shape index (κ1) is 19.4. The number of rotatable bonds is 4. The van der Waals surface area contributed by atoms with Gasteiger partial charge in [-0.1, -0.05) is 24.3 Å². The third kappa shape index (κ3) is 4.04. The second-order valence-electron chi connectivity index (χ2n) is 7.97. The van der Waals surface area contributed by atoms with Gasteiger partial charge in [0.1, 0.15) is 6.54 Å². The predicted molar refractivity (Wildman–Crippen MR) is 120 cm³/mol. The molecule has 0 saturated carbocycles. The SMILES string of the molecule is CN1CCN(C(=O)Cn2cc(-c3ccc(-c4cncc5ccncc45)cc3)cn2)CC1. The highest BCUT2D eigenvalue weighted by atomic mass is 16.2. The molecule has 0 radical (unpaired) electrons. The Morgan fingerprint density at radius 1 is 0.871 bits per heavy atom. The summed E-state index contributed by atoms with van der Waals surface area (Å²) in [5.41, 5.74) is 4.21. The second kappa shape index (κ2) is 8.28. The average molecular weight is 412 g/mol. The number of nitrogens with zero attached hydrogens (tertiary/aromatic N) is 6. The van der Waals surface area contributed by atoms with Crippen molar-refractivity contribution in [2.45, 2.75) is 6.54 Å². The molecule has 4 aromatic rings. The molecule has 1 aliphatic rings. The maximum atomic E-state index is 12.6. The Morgan fingerprint density at radius 2 is 1.65 bits per heavy atom. The van der Waals surface area contributed by atoms with E-state index in [4.69, 9.17) is 0 Å². The van der Waals surface area contributed by atoms with Crippen molar-refractivity contribution < 1.29 is 4.79 Å². The molecule has 7 nitrogen and oxygen atoms in total. The van der Waals surface area contributed by atoms with Gasteiger partial charge in [0.15, 0.2) is 0 Å². The molecule has 0 atom stereocenters. The van der Waals surface area contributed by atoms with Crippen molar-refractivity contribution in [2.75, 3.05) is 33.2 Å².